The standard InChI is InChI=1S/3C12H26N2.6C12H25NO/c9*1-11(2,3)13-9-7-10(8-9)14-12(4,5)6/h3*9-10,13-14H,7-8H2,1-6H3;6*9-10,13H,7-8H2,1-6H3. The molecule has 126 heavy (non-hydrogen) atoms. The molecule has 0 aliphatic heterocycles. The van der Waals surface area contributed by atoms with Gasteiger partial charge in [-0.05, 0) is 489 Å². The van der Waals surface area contributed by atoms with Crippen LogP contribution in [0.15, 0.2) is 0 Å². The zero-order chi connectivity index (χ0) is 98.8. The molecule has 0 bridgehead atoms. The predicted octanol–water partition coefficient (Wildman–Crippen LogP) is 23.2. The van der Waals surface area contributed by atoms with Gasteiger partial charge in [-0.25, -0.2) is 0 Å². The van der Waals surface area contributed by atoms with Gasteiger partial charge in [0.05, 0.1) is 70.2 Å². The summed E-state index contributed by atoms with van der Waals surface area (Å²) in [7, 11) is 0. The Balaban J connectivity index is 0.000000709. The highest BCUT2D eigenvalue weighted by Gasteiger charge is 2.43. The summed E-state index contributed by atoms with van der Waals surface area (Å²) in [6.45, 7) is 118. The first-order chi connectivity index (χ1) is 55.4. The molecule has 9 saturated carbocycles. The van der Waals surface area contributed by atoms with Gasteiger partial charge < -0.3 is 92.2 Å². The third-order valence-corrected chi connectivity index (χ3v) is 20.8. The van der Waals surface area contributed by atoms with Gasteiger partial charge in [0.1, 0.15) is 0 Å². The molecule has 0 spiro atoms. The smallest absolute Gasteiger partial charge is 0.0612 e. The van der Waals surface area contributed by atoms with Gasteiger partial charge in [-0.1, -0.05) is 0 Å². The van der Waals surface area contributed by atoms with Gasteiger partial charge in [0.25, 0.3) is 0 Å². The zero-order valence-corrected chi connectivity index (χ0v) is 94.6. The van der Waals surface area contributed by atoms with Gasteiger partial charge in [-0.15, -0.1) is 0 Å². The lowest BCUT2D eigenvalue weighted by Gasteiger charge is -2.43. The van der Waals surface area contributed by atoms with Crippen LogP contribution in [0.5, 0.6) is 0 Å². The lowest BCUT2D eigenvalue weighted by atomic mass is 9.83. The van der Waals surface area contributed by atoms with Crippen LogP contribution >= 0.6 is 0 Å². The molecule has 0 aromatic rings. The summed E-state index contributed by atoms with van der Waals surface area (Å²) in [5.41, 5.74) is 3.04. The van der Waals surface area contributed by atoms with Crippen LogP contribution in [0.3, 0.4) is 0 Å². The topological polar surface area (TPSA) is 200 Å². The monoisotopic (exact) mass is 1790 g/mol. The maximum atomic E-state index is 5.88. The normalized spacial score (nSPS) is 28.7. The highest BCUT2D eigenvalue weighted by molar-refractivity contribution is 5.01. The van der Waals surface area contributed by atoms with Crippen LogP contribution in [0.4, 0.5) is 0 Å². The Morgan fingerprint density at radius 2 is 0.175 bits per heavy atom. The van der Waals surface area contributed by atoms with Crippen LogP contribution < -0.4 is 63.8 Å². The first-order valence-electron chi connectivity index (χ1n) is 50.8. The van der Waals surface area contributed by atoms with Crippen LogP contribution in [-0.2, 0) is 28.4 Å². The van der Waals surface area contributed by atoms with Crippen LogP contribution in [0.1, 0.15) is 489 Å². The molecule has 0 heterocycles. The lowest BCUT2D eigenvalue weighted by molar-refractivity contribution is -0.105. The molecule has 9 aliphatic rings. The molecule has 0 saturated heterocycles. The van der Waals surface area contributed by atoms with Crippen molar-refractivity contribution in [2.45, 2.75) is 699 Å². The summed E-state index contributed by atoms with van der Waals surface area (Å²) >= 11 is 0. The number of ether oxygens (including phenoxy) is 6. The molecule has 12 N–H and O–H groups in total. The average molecular weight is 1790 g/mol. The Labute approximate surface area is 786 Å². The van der Waals surface area contributed by atoms with E-state index in [0.717, 1.165) is 113 Å². The van der Waals surface area contributed by atoms with E-state index in [-0.39, 0.29) is 100 Å². The lowest BCUT2D eigenvalue weighted by Crippen LogP contribution is -2.58. The fourth-order valence-electron chi connectivity index (χ4n) is 17.6. The van der Waals surface area contributed by atoms with Gasteiger partial charge in [0.2, 0.25) is 0 Å². The molecule has 756 valence electrons. The molecule has 9 aliphatic carbocycles. The minimum atomic E-state index is 0.0113. The molecule has 0 unspecified atom stereocenters. The summed E-state index contributed by atoms with van der Waals surface area (Å²) in [6, 6.07) is 8.23. The largest absolute Gasteiger partial charge is 0.373 e. The first-order valence-corrected chi connectivity index (χ1v) is 50.8. The van der Waals surface area contributed by atoms with E-state index in [1.165, 1.54) is 38.5 Å². The average Bonchev–Trinajstić information content (AvgIpc) is 0.877. The highest BCUT2D eigenvalue weighted by Crippen LogP contribution is 2.36. The minimum Gasteiger partial charge on any atom is -0.373 e. The van der Waals surface area contributed by atoms with E-state index in [4.69, 9.17) is 28.4 Å². The summed E-state index contributed by atoms with van der Waals surface area (Å²) in [4.78, 5) is 0. The highest BCUT2D eigenvalue weighted by atomic mass is 16.5. The van der Waals surface area contributed by atoms with E-state index in [9.17, 15) is 0 Å². The molecule has 0 amide bonds. The van der Waals surface area contributed by atoms with Crippen molar-refractivity contribution >= 4 is 0 Å². The van der Waals surface area contributed by atoms with Gasteiger partial charge in [-0.2, -0.15) is 0 Å². The fraction of sp³-hybridized carbons (Fsp3) is 1.00. The summed E-state index contributed by atoms with van der Waals surface area (Å²) < 4.78 is 35.3. The van der Waals surface area contributed by atoms with E-state index in [1.54, 1.807) is 0 Å². The van der Waals surface area contributed by atoms with Crippen molar-refractivity contribution in [1.29, 1.82) is 0 Å². The van der Waals surface area contributed by atoms with E-state index in [0.29, 0.717) is 72.9 Å². The fourth-order valence-corrected chi connectivity index (χ4v) is 17.6. The molecule has 18 nitrogen and oxygen atoms in total. The molecule has 0 aromatic carbocycles. The van der Waals surface area contributed by atoms with E-state index < -0.39 is 0 Å². The number of nitrogens with one attached hydrogen (secondary N) is 12. The predicted molar refractivity (Wildman–Crippen MR) is 551 cm³/mol. The van der Waals surface area contributed by atoms with Crippen LogP contribution in [0.2, 0.25) is 0 Å². The summed E-state index contributed by atoms with van der Waals surface area (Å²) in [5.74, 6) is 0. The third-order valence-electron chi connectivity index (χ3n) is 20.8. The Morgan fingerprint density at radius 3 is 0.230 bits per heavy atom. The van der Waals surface area contributed by atoms with Crippen LogP contribution in [0, 0.1) is 0 Å². The van der Waals surface area contributed by atoms with E-state index in [2.05, 4.69) is 438 Å². The molecule has 0 aromatic heterocycles. The number of hydrogen-bond donors (Lipinski definition) is 12. The zero-order valence-electron chi connectivity index (χ0n) is 94.6. The van der Waals surface area contributed by atoms with Crippen molar-refractivity contribution in [3.8, 4) is 0 Å². The maximum Gasteiger partial charge on any atom is 0.0612 e. The molecule has 9 rings (SSSR count). The number of rotatable bonds is 18. The van der Waals surface area contributed by atoms with E-state index in [1.807, 2.05) is 0 Å². The van der Waals surface area contributed by atoms with Crippen molar-refractivity contribution < 1.29 is 28.4 Å². The third kappa shape index (κ3) is 70.9. The van der Waals surface area contributed by atoms with Crippen molar-refractivity contribution in [2.75, 3.05) is 0 Å². The Morgan fingerprint density at radius 1 is 0.111 bits per heavy atom. The number of hydrogen-bond acceptors (Lipinski definition) is 18. The van der Waals surface area contributed by atoms with Gasteiger partial charge >= 0.3 is 0 Å². The second-order valence-corrected chi connectivity index (χ2v) is 58.5. The molecular weight excluding hydrogens is 1560 g/mol. The Kier molecular flexibility index (Phi) is 47.5. The molecular formula is C108H228N12O6. The van der Waals surface area contributed by atoms with E-state index >= 15 is 0 Å². The Bertz CT molecular complexity index is 2080. The quantitative estimate of drug-likeness (QED) is 0.0618. The molecule has 18 heteroatoms. The SMILES string of the molecule is CC(C)(C)NC1CC(NC(C)(C)C)C1.CC(C)(C)NC1CC(NC(C)(C)C)C1.CC(C)(C)NC1CC(NC(C)(C)C)C1.CC(C)(C)NC1CC(OC(C)(C)C)C1.CC(C)(C)NC1CC(OC(C)(C)C)C1.CC(C)(C)NC1CC(OC(C)(C)C)C1.CC(C)(C)NC1CC(OC(C)(C)C)C1.CC(C)(C)NC1CC(OC(C)(C)C)C1.CC(C)(C)NC1CC(OC(C)(C)C)C1. The van der Waals surface area contributed by atoms with Crippen LogP contribution in [0.25, 0.3) is 0 Å². The summed E-state index contributed by atoms with van der Waals surface area (Å²) in [5, 5.41) is 43.3. The summed E-state index contributed by atoms with van der Waals surface area (Å²) in [6.07, 6.45) is 24.4. The second kappa shape index (κ2) is 48.5. The van der Waals surface area contributed by atoms with Crippen LogP contribution in [-0.4, -0.2) is 209 Å². The first kappa shape index (κ1) is 123. The van der Waals surface area contributed by atoms with Gasteiger partial charge in [0, 0.05) is 139 Å². The molecule has 0 atom stereocenters. The molecule has 9 fully saturated rings. The van der Waals surface area contributed by atoms with Crippen molar-refractivity contribution in [3.63, 3.8) is 0 Å². The maximum absolute atomic E-state index is 5.88. The second-order valence-electron chi connectivity index (χ2n) is 58.5. The Hall–Kier alpha value is -0.720. The minimum absolute atomic E-state index is 0.0113. The van der Waals surface area contributed by atoms with Crippen molar-refractivity contribution in [1.82, 2.24) is 63.8 Å². The molecule has 0 radical (unpaired) electrons. The van der Waals surface area contributed by atoms with Crippen molar-refractivity contribution in [2.24, 2.45) is 0 Å². The van der Waals surface area contributed by atoms with Gasteiger partial charge in [-0.3, -0.25) is 0 Å². The van der Waals surface area contributed by atoms with Gasteiger partial charge in [0.15, 0.2) is 0 Å². The van der Waals surface area contributed by atoms with Crippen molar-refractivity contribution in [3.05, 3.63) is 0 Å².